The molecule has 0 amide bonds. The Morgan fingerprint density at radius 1 is 0.939 bits per heavy atom. The van der Waals surface area contributed by atoms with E-state index in [0.717, 1.165) is 52.2 Å². The van der Waals surface area contributed by atoms with Crippen LogP contribution in [0.4, 0.5) is 11.4 Å². The maximum atomic E-state index is 11.8. The van der Waals surface area contributed by atoms with Crippen LogP contribution < -0.4 is 4.90 Å². The van der Waals surface area contributed by atoms with Gasteiger partial charge in [-0.3, -0.25) is 4.55 Å². The van der Waals surface area contributed by atoms with E-state index in [0.29, 0.717) is 22.6 Å². The second-order valence-corrected chi connectivity index (χ2v) is 20.4. The van der Waals surface area contributed by atoms with Crippen LogP contribution in [0.1, 0.15) is 38.8 Å². The van der Waals surface area contributed by atoms with Crippen LogP contribution in [-0.4, -0.2) is 92.5 Å². The number of halogens is 3. The number of rotatable bonds is 9. The van der Waals surface area contributed by atoms with Gasteiger partial charge in [-0.05, 0) is 107 Å². The number of hydrogen-bond donors (Lipinski definition) is 1. The van der Waals surface area contributed by atoms with Crippen molar-refractivity contribution >= 4 is 94.1 Å². The van der Waals surface area contributed by atoms with Gasteiger partial charge in [-0.1, -0.05) is 31.5 Å². The summed E-state index contributed by atoms with van der Waals surface area (Å²) in [5.41, 5.74) is 6.64. The van der Waals surface area contributed by atoms with Gasteiger partial charge in [-0.2, -0.15) is 13.0 Å². The van der Waals surface area contributed by atoms with Crippen molar-refractivity contribution in [3.8, 4) is 0 Å². The Bertz CT molecular complexity index is 2100. The van der Waals surface area contributed by atoms with Gasteiger partial charge < -0.3 is 13.9 Å². The van der Waals surface area contributed by atoms with Gasteiger partial charge in [0.2, 0.25) is 5.69 Å². The molecule has 0 saturated heterocycles. The first kappa shape index (κ1) is 38.6. The van der Waals surface area contributed by atoms with Gasteiger partial charge >= 0.3 is 0 Å². The van der Waals surface area contributed by atoms with Crippen molar-refractivity contribution < 1.29 is 35.0 Å². The lowest BCUT2D eigenvalue weighted by atomic mass is 9.81. The quantitative estimate of drug-likeness (QED) is 0.133. The van der Waals surface area contributed by atoms with Crippen LogP contribution in [0.3, 0.4) is 0 Å². The molecule has 49 heavy (non-hydrogen) atoms. The van der Waals surface area contributed by atoms with Crippen molar-refractivity contribution in [3.05, 3.63) is 101 Å². The largest absolute Gasteiger partial charge is 0.748 e. The molecule has 1 N–H and O–H groups in total. The number of nitrogens with zero attached hydrogens (tertiary/aromatic N) is 3. The van der Waals surface area contributed by atoms with Crippen LogP contribution in [0.25, 0.3) is 0 Å². The monoisotopic (exact) mass is 952 g/mol. The van der Waals surface area contributed by atoms with Crippen LogP contribution in [0.5, 0.6) is 0 Å². The Balaban J connectivity index is 1.58. The first-order valence-corrected chi connectivity index (χ1v) is 21.4. The third-order valence-corrected chi connectivity index (χ3v) is 12.7. The predicted octanol–water partition coefficient (Wildman–Crippen LogP) is 6.45. The second kappa shape index (κ2) is 13.7. The highest BCUT2D eigenvalue weighted by atomic mass is 127. The lowest BCUT2D eigenvalue weighted by Crippen LogP contribution is -2.45. The summed E-state index contributed by atoms with van der Waals surface area (Å²) in [5, 5.41) is 0.620. The van der Waals surface area contributed by atoms with Gasteiger partial charge in [0.05, 0.1) is 40.4 Å². The Morgan fingerprint density at radius 3 is 2.20 bits per heavy atom. The lowest BCUT2D eigenvalue weighted by molar-refractivity contribution is -0.881. The number of anilines is 1. The van der Waals surface area contributed by atoms with Crippen molar-refractivity contribution in [2.45, 2.75) is 38.5 Å². The number of hydrogen-bond acceptors (Lipinski definition) is 6. The molecule has 3 aliphatic rings. The van der Waals surface area contributed by atoms with E-state index in [1.807, 2.05) is 58.0 Å². The summed E-state index contributed by atoms with van der Waals surface area (Å²) in [6, 6.07) is 12.1. The molecule has 0 atom stereocenters. The van der Waals surface area contributed by atoms with Crippen molar-refractivity contribution in [2.24, 2.45) is 0 Å². The van der Waals surface area contributed by atoms with Gasteiger partial charge in [0, 0.05) is 59.3 Å². The standard InChI is InChI=1S/C35H40ClI2N3O6S2/c1-34(2)27-19-25(37)9-11-29(27)39(15-17-48(42,43)44)31(34)13-7-23-21-41(5,6)22-24(33(23)36)8-14-32-35(3,4)28-20-26(38)10-12-30(28)40(32)16-18-49(45,46)47/h7-14,19-20H,15-18,21-22H2,1-6H3/p+1. The van der Waals surface area contributed by atoms with Gasteiger partial charge in [-0.15, -0.1) is 0 Å². The molecule has 0 unspecified atom stereocenters. The van der Waals surface area contributed by atoms with Crippen molar-refractivity contribution in [1.29, 1.82) is 0 Å². The molecule has 2 aromatic rings. The lowest BCUT2D eigenvalue weighted by Gasteiger charge is -2.35. The maximum Gasteiger partial charge on any atom is 0.271 e. The molecule has 5 rings (SSSR count). The molecule has 0 spiro atoms. The highest BCUT2D eigenvalue weighted by molar-refractivity contribution is 14.1. The summed E-state index contributed by atoms with van der Waals surface area (Å²) in [6.45, 7) is 9.87. The SMILES string of the molecule is CC1(C)C(/C=C/C2=C(Cl)C(=C/C=C3/N(CCS(=O)(=O)[O-])c4ccc(I)cc4C3(C)C)/C[N+](C)(C)C2)=[N+](CCS(=O)(=O)O)c2ccc(I)cc21. The zero-order valence-electron chi connectivity index (χ0n) is 28.3. The van der Waals surface area contributed by atoms with Crippen molar-refractivity contribution in [3.63, 3.8) is 0 Å². The molecule has 3 heterocycles. The summed E-state index contributed by atoms with van der Waals surface area (Å²) in [7, 11) is -4.35. The molecule has 0 fully saturated rings. The summed E-state index contributed by atoms with van der Waals surface area (Å²) in [5.74, 6) is -0.917. The van der Waals surface area contributed by atoms with Gasteiger partial charge in [0.25, 0.3) is 10.1 Å². The van der Waals surface area contributed by atoms with Crippen LogP contribution in [0.15, 0.2) is 82.6 Å². The van der Waals surface area contributed by atoms with Crippen LogP contribution >= 0.6 is 56.8 Å². The Labute approximate surface area is 322 Å². The second-order valence-electron chi connectivity index (χ2n) is 14.5. The minimum Gasteiger partial charge on any atom is -0.748 e. The molecule has 9 nitrogen and oxygen atoms in total. The number of fused-ring (bicyclic) bond motifs is 2. The van der Waals surface area contributed by atoms with E-state index in [1.54, 1.807) is 0 Å². The fourth-order valence-electron chi connectivity index (χ4n) is 7.12. The summed E-state index contributed by atoms with van der Waals surface area (Å²) in [4.78, 5) is 1.93. The van der Waals surface area contributed by atoms with Crippen LogP contribution in [0.2, 0.25) is 0 Å². The van der Waals surface area contributed by atoms with E-state index in [4.69, 9.17) is 11.6 Å². The molecule has 0 saturated carbocycles. The Morgan fingerprint density at radius 2 is 1.57 bits per heavy atom. The van der Waals surface area contributed by atoms with E-state index in [1.165, 1.54) is 0 Å². The van der Waals surface area contributed by atoms with Gasteiger partial charge in [-0.25, -0.2) is 8.42 Å². The maximum absolute atomic E-state index is 11.8. The molecule has 0 radical (unpaired) electrons. The summed E-state index contributed by atoms with van der Waals surface area (Å²) >= 11 is 11.7. The molecule has 0 aliphatic carbocycles. The third kappa shape index (κ3) is 8.39. The predicted molar refractivity (Wildman–Crippen MR) is 213 cm³/mol. The fraction of sp³-hybridized carbons (Fsp3) is 0.400. The fourth-order valence-corrected chi connectivity index (χ4v) is 9.17. The zero-order chi connectivity index (χ0) is 36.3. The number of likely N-dealkylation sites (N-methyl/N-ethyl adjacent to an activating group) is 1. The molecule has 2 aromatic carbocycles. The van der Waals surface area contributed by atoms with Crippen LogP contribution in [0, 0.1) is 7.14 Å². The average molecular weight is 953 g/mol. The van der Waals surface area contributed by atoms with Crippen LogP contribution in [-0.2, 0) is 31.1 Å². The van der Waals surface area contributed by atoms with Gasteiger partial charge in [0.15, 0.2) is 12.3 Å². The number of allylic oxidation sites excluding steroid dienone is 4. The normalized spacial score (nSPS) is 21.7. The molecular weight excluding hydrogens is 912 g/mol. The number of benzene rings is 2. The minimum atomic E-state index is -4.43. The molecule has 0 bridgehead atoms. The van der Waals surface area contributed by atoms with E-state index in [9.17, 15) is 25.9 Å². The summed E-state index contributed by atoms with van der Waals surface area (Å²) < 4.78 is 72.9. The van der Waals surface area contributed by atoms with E-state index in [-0.39, 0.29) is 13.1 Å². The highest BCUT2D eigenvalue weighted by Gasteiger charge is 2.45. The minimum absolute atomic E-state index is 0.0426. The molecular formula is C35H41ClI2N3O6S2+. The molecule has 14 heteroatoms. The van der Waals surface area contributed by atoms with E-state index in [2.05, 4.69) is 99.1 Å². The zero-order valence-corrected chi connectivity index (χ0v) is 35.0. The highest BCUT2D eigenvalue weighted by Crippen LogP contribution is 2.48. The van der Waals surface area contributed by atoms with E-state index < -0.39 is 42.6 Å². The topological polar surface area (TPSA) is 118 Å². The average Bonchev–Trinajstić information content (AvgIpc) is 3.30. The van der Waals surface area contributed by atoms with Crippen molar-refractivity contribution in [1.82, 2.24) is 0 Å². The molecule has 264 valence electrons. The van der Waals surface area contributed by atoms with Crippen molar-refractivity contribution in [2.75, 3.05) is 56.7 Å². The number of quaternary nitrogens is 1. The third-order valence-electron chi connectivity index (χ3n) is 9.49. The first-order chi connectivity index (χ1) is 22.5. The van der Waals surface area contributed by atoms with Gasteiger partial charge in [0.1, 0.15) is 18.8 Å². The smallest absolute Gasteiger partial charge is 0.271 e. The Kier molecular flexibility index (Phi) is 10.8. The first-order valence-electron chi connectivity index (χ1n) is 15.7. The van der Waals surface area contributed by atoms with E-state index >= 15 is 0 Å². The summed E-state index contributed by atoms with van der Waals surface area (Å²) in [6.07, 6.45) is 8.03. The Hall–Kier alpha value is -1.60. The molecule has 0 aromatic heterocycles. The molecule has 3 aliphatic heterocycles.